The number of carbonyl (C=O) groups is 3. The molecule has 1 unspecified atom stereocenters. The van der Waals surface area contributed by atoms with Crippen molar-refractivity contribution in [2.75, 3.05) is 18.0 Å². The molecule has 0 N–H and O–H groups in total. The van der Waals surface area contributed by atoms with Crippen LogP contribution in [0.1, 0.15) is 35.3 Å². The van der Waals surface area contributed by atoms with Crippen LogP contribution in [0.4, 0.5) is 5.69 Å². The summed E-state index contributed by atoms with van der Waals surface area (Å²) in [5.41, 5.74) is 3.36. The molecule has 2 aliphatic heterocycles. The van der Waals surface area contributed by atoms with Crippen LogP contribution < -0.4 is 9.64 Å². The molecule has 0 spiro atoms. The summed E-state index contributed by atoms with van der Waals surface area (Å²) in [6.45, 7) is 4.24. The van der Waals surface area contributed by atoms with E-state index in [1.165, 1.54) is 17.4 Å². The highest BCUT2D eigenvalue weighted by Crippen LogP contribution is 2.35. The summed E-state index contributed by atoms with van der Waals surface area (Å²) in [4.78, 5) is 40.7. The van der Waals surface area contributed by atoms with Crippen LogP contribution in [0.15, 0.2) is 42.5 Å². The highest BCUT2D eigenvalue weighted by atomic mass is 16.5. The quantitative estimate of drug-likeness (QED) is 0.770. The summed E-state index contributed by atoms with van der Waals surface area (Å²) in [5.74, 6) is 0.0109. The zero-order valence-electron chi connectivity index (χ0n) is 16.0. The van der Waals surface area contributed by atoms with Crippen molar-refractivity contribution >= 4 is 23.3 Å². The summed E-state index contributed by atoms with van der Waals surface area (Å²) in [6.07, 6.45) is 0.131. The van der Waals surface area contributed by atoms with E-state index < -0.39 is 6.10 Å². The average Bonchev–Trinajstić information content (AvgIpc) is 2.70. The lowest BCUT2D eigenvalue weighted by molar-refractivity contribution is -0.133. The molecule has 0 bridgehead atoms. The average molecular weight is 378 g/mol. The SMILES string of the molecule is CC(=O)c1ccc2c(c1)N(CC(=O)N1CCc3ccccc3C1)C(=O)C(C)O2. The van der Waals surface area contributed by atoms with Crippen LogP contribution in [0, 0.1) is 0 Å². The van der Waals surface area contributed by atoms with E-state index in [0.717, 1.165) is 12.0 Å². The van der Waals surface area contributed by atoms with Gasteiger partial charge in [0.1, 0.15) is 12.3 Å². The van der Waals surface area contributed by atoms with Crippen LogP contribution in [-0.4, -0.2) is 41.7 Å². The van der Waals surface area contributed by atoms with Crippen molar-refractivity contribution in [3.63, 3.8) is 0 Å². The van der Waals surface area contributed by atoms with Crippen LogP contribution in [0.2, 0.25) is 0 Å². The molecule has 2 heterocycles. The molecule has 2 amide bonds. The van der Waals surface area contributed by atoms with Crippen molar-refractivity contribution in [3.8, 4) is 5.75 Å². The van der Waals surface area contributed by atoms with Crippen molar-refractivity contribution in [2.45, 2.75) is 32.9 Å². The van der Waals surface area contributed by atoms with E-state index in [0.29, 0.717) is 30.1 Å². The number of ketones is 1. The second-order valence-electron chi connectivity index (χ2n) is 7.26. The Morgan fingerprint density at radius 3 is 2.64 bits per heavy atom. The van der Waals surface area contributed by atoms with Gasteiger partial charge in [-0.05, 0) is 49.6 Å². The molecule has 6 heteroatoms. The van der Waals surface area contributed by atoms with Crippen LogP contribution >= 0.6 is 0 Å². The molecule has 4 rings (SSSR count). The number of hydrogen-bond acceptors (Lipinski definition) is 4. The second-order valence-corrected chi connectivity index (χ2v) is 7.26. The van der Waals surface area contributed by atoms with Gasteiger partial charge in [0.15, 0.2) is 11.9 Å². The van der Waals surface area contributed by atoms with Crippen molar-refractivity contribution in [1.29, 1.82) is 0 Å². The number of Topliss-reactive ketones (excluding diaryl/α,β-unsaturated/α-hetero) is 1. The number of nitrogens with zero attached hydrogens (tertiary/aromatic N) is 2. The molecule has 0 aliphatic carbocycles. The fourth-order valence-electron chi connectivity index (χ4n) is 3.73. The Morgan fingerprint density at radius 2 is 1.89 bits per heavy atom. The van der Waals surface area contributed by atoms with Crippen LogP contribution in [-0.2, 0) is 22.6 Å². The number of fused-ring (bicyclic) bond motifs is 2. The second kappa shape index (κ2) is 7.11. The van der Waals surface area contributed by atoms with Gasteiger partial charge in [-0.2, -0.15) is 0 Å². The van der Waals surface area contributed by atoms with Gasteiger partial charge in [0.2, 0.25) is 5.91 Å². The first kappa shape index (κ1) is 18.2. The minimum absolute atomic E-state index is 0.0664. The van der Waals surface area contributed by atoms with Crippen molar-refractivity contribution in [3.05, 3.63) is 59.2 Å². The first-order chi connectivity index (χ1) is 13.4. The fraction of sp³-hybridized carbons (Fsp3) is 0.318. The molecule has 0 aromatic heterocycles. The minimum atomic E-state index is -0.675. The Balaban J connectivity index is 1.59. The maximum Gasteiger partial charge on any atom is 0.268 e. The number of amides is 2. The minimum Gasteiger partial charge on any atom is -0.479 e. The lowest BCUT2D eigenvalue weighted by Gasteiger charge is -2.35. The number of rotatable bonds is 3. The monoisotopic (exact) mass is 378 g/mol. The zero-order chi connectivity index (χ0) is 19.8. The van der Waals surface area contributed by atoms with E-state index in [-0.39, 0.29) is 24.1 Å². The molecule has 6 nitrogen and oxygen atoms in total. The number of ether oxygens (including phenoxy) is 1. The molecule has 28 heavy (non-hydrogen) atoms. The molecule has 2 aliphatic rings. The van der Waals surface area contributed by atoms with Gasteiger partial charge in [-0.3, -0.25) is 19.3 Å². The van der Waals surface area contributed by atoms with Crippen molar-refractivity contribution in [2.24, 2.45) is 0 Å². The fourth-order valence-corrected chi connectivity index (χ4v) is 3.73. The molecule has 1 atom stereocenters. The first-order valence-electron chi connectivity index (χ1n) is 9.41. The first-order valence-corrected chi connectivity index (χ1v) is 9.41. The molecule has 2 aromatic rings. The van der Waals surface area contributed by atoms with E-state index >= 15 is 0 Å². The third-order valence-electron chi connectivity index (χ3n) is 5.35. The summed E-state index contributed by atoms with van der Waals surface area (Å²) in [6, 6.07) is 13.1. The standard InChI is InChI=1S/C22H22N2O4/c1-14(25)17-7-8-20-19(11-17)24(22(27)15(2)28-20)13-21(26)23-10-9-16-5-3-4-6-18(16)12-23/h3-8,11,15H,9-10,12-13H2,1-2H3. The van der Waals surface area contributed by atoms with Gasteiger partial charge in [0.25, 0.3) is 5.91 Å². The Morgan fingerprint density at radius 1 is 1.14 bits per heavy atom. The van der Waals surface area contributed by atoms with Gasteiger partial charge in [0, 0.05) is 18.7 Å². The van der Waals surface area contributed by atoms with E-state index in [2.05, 4.69) is 6.07 Å². The predicted octanol–water partition coefficient (Wildman–Crippen LogP) is 2.59. The molecule has 144 valence electrons. The normalized spacial score (nSPS) is 18.2. The number of anilines is 1. The Hall–Kier alpha value is -3.15. The lowest BCUT2D eigenvalue weighted by atomic mass is 10.00. The molecular formula is C22H22N2O4. The van der Waals surface area contributed by atoms with E-state index in [1.807, 2.05) is 18.2 Å². The summed E-state index contributed by atoms with van der Waals surface area (Å²) < 4.78 is 5.66. The topological polar surface area (TPSA) is 66.9 Å². The predicted molar refractivity (Wildman–Crippen MR) is 104 cm³/mol. The summed E-state index contributed by atoms with van der Waals surface area (Å²) in [5, 5.41) is 0. The summed E-state index contributed by atoms with van der Waals surface area (Å²) >= 11 is 0. The van der Waals surface area contributed by atoms with E-state index in [1.54, 1.807) is 30.0 Å². The number of benzene rings is 2. The largest absolute Gasteiger partial charge is 0.479 e. The molecule has 0 radical (unpaired) electrons. The molecule has 0 saturated carbocycles. The molecule has 0 fully saturated rings. The van der Waals surface area contributed by atoms with Gasteiger partial charge < -0.3 is 9.64 Å². The maximum atomic E-state index is 13.0. The third-order valence-corrected chi connectivity index (χ3v) is 5.35. The van der Waals surface area contributed by atoms with Gasteiger partial charge in [-0.25, -0.2) is 0 Å². The van der Waals surface area contributed by atoms with E-state index in [4.69, 9.17) is 4.74 Å². The van der Waals surface area contributed by atoms with Crippen LogP contribution in [0.5, 0.6) is 5.75 Å². The summed E-state index contributed by atoms with van der Waals surface area (Å²) in [7, 11) is 0. The number of hydrogen-bond donors (Lipinski definition) is 0. The van der Waals surface area contributed by atoms with Gasteiger partial charge in [-0.15, -0.1) is 0 Å². The maximum absolute atomic E-state index is 13.0. The molecule has 2 aromatic carbocycles. The van der Waals surface area contributed by atoms with Gasteiger partial charge in [0.05, 0.1) is 5.69 Å². The smallest absolute Gasteiger partial charge is 0.268 e. The van der Waals surface area contributed by atoms with Crippen molar-refractivity contribution in [1.82, 2.24) is 4.90 Å². The van der Waals surface area contributed by atoms with Crippen molar-refractivity contribution < 1.29 is 19.1 Å². The third kappa shape index (κ3) is 3.26. The number of carbonyl (C=O) groups excluding carboxylic acids is 3. The molecule has 0 saturated heterocycles. The highest BCUT2D eigenvalue weighted by molar-refractivity contribution is 6.05. The Labute approximate surface area is 163 Å². The van der Waals surface area contributed by atoms with Gasteiger partial charge >= 0.3 is 0 Å². The Bertz CT molecular complexity index is 969. The van der Waals surface area contributed by atoms with Crippen LogP contribution in [0.25, 0.3) is 0 Å². The highest BCUT2D eigenvalue weighted by Gasteiger charge is 2.34. The molecular weight excluding hydrogens is 356 g/mol. The van der Waals surface area contributed by atoms with E-state index in [9.17, 15) is 14.4 Å². The zero-order valence-corrected chi connectivity index (χ0v) is 16.0. The lowest BCUT2D eigenvalue weighted by Crippen LogP contribution is -2.50. The Kier molecular flexibility index (Phi) is 4.63. The van der Waals surface area contributed by atoms with Crippen LogP contribution in [0.3, 0.4) is 0 Å². The van der Waals surface area contributed by atoms with Gasteiger partial charge in [-0.1, -0.05) is 24.3 Å².